The maximum absolute atomic E-state index is 10.4. The molecule has 0 aliphatic rings. The molecule has 0 atom stereocenters. The van der Waals surface area contributed by atoms with Crippen LogP contribution in [0.25, 0.3) is 10.8 Å². The van der Waals surface area contributed by atoms with Crippen molar-refractivity contribution in [1.29, 1.82) is 0 Å². The maximum atomic E-state index is 10.4. The van der Waals surface area contributed by atoms with Gasteiger partial charge in [0.25, 0.3) is 0 Å². The van der Waals surface area contributed by atoms with Crippen LogP contribution in [0.5, 0.6) is 0 Å². The summed E-state index contributed by atoms with van der Waals surface area (Å²) in [5, 5.41) is 11.1. The molecular formula is C15H16O2. The molecule has 0 saturated carbocycles. The Morgan fingerprint density at radius 3 is 2.59 bits per heavy atom. The lowest BCUT2D eigenvalue weighted by Crippen LogP contribution is -1.95. The summed E-state index contributed by atoms with van der Waals surface area (Å²) in [6.45, 7) is 2.08. The zero-order chi connectivity index (χ0) is 12.3. The highest BCUT2D eigenvalue weighted by atomic mass is 16.4. The van der Waals surface area contributed by atoms with Gasteiger partial charge in [0, 0.05) is 6.42 Å². The SMILES string of the molecule is Cc1ccc2cc(CCCC(=O)O)ccc2c1. The van der Waals surface area contributed by atoms with E-state index < -0.39 is 5.97 Å². The molecule has 0 heterocycles. The first-order valence-corrected chi connectivity index (χ1v) is 5.86. The van der Waals surface area contributed by atoms with E-state index in [1.165, 1.54) is 21.9 Å². The van der Waals surface area contributed by atoms with E-state index in [0.717, 1.165) is 6.42 Å². The van der Waals surface area contributed by atoms with Crippen molar-refractivity contribution < 1.29 is 9.90 Å². The standard InChI is InChI=1S/C15H16O2/c1-11-5-7-14-10-12(3-2-4-15(16)17)6-8-13(14)9-11/h5-10H,2-4H2,1H3,(H,16,17). The van der Waals surface area contributed by atoms with Crippen LogP contribution in [0.1, 0.15) is 24.0 Å². The number of aliphatic carboxylic acids is 1. The molecule has 1 N–H and O–H groups in total. The summed E-state index contributed by atoms with van der Waals surface area (Å²) in [4.78, 5) is 10.4. The third kappa shape index (κ3) is 3.06. The van der Waals surface area contributed by atoms with Crippen molar-refractivity contribution in [1.82, 2.24) is 0 Å². The third-order valence-electron chi connectivity index (χ3n) is 2.92. The highest BCUT2D eigenvalue weighted by molar-refractivity contribution is 5.83. The van der Waals surface area contributed by atoms with E-state index in [1.807, 2.05) is 0 Å². The Hall–Kier alpha value is -1.83. The first-order chi connectivity index (χ1) is 8.15. The van der Waals surface area contributed by atoms with Gasteiger partial charge in [-0.05, 0) is 36.1 Å². The molecule has 2 rings (SSSR count). The molecule has 2 heteroatoms. The van der Waals surface area contributed by atoms with Crippen molar-refractivity contribution in [2.75, 3.05) is 0 Å². The fraction of sp³-hybridized carbons (Fsp3) is 0.267. The van der Waals surface area contributed by atoms with Crippen molar-refractivity contribution in [3.8, 4) is 0 Å². The fourth-order valence-corrected chi connectivity index (χ4v) is 2.01. The van der Waals surface area contributed by atoms with Crippen LogP contribution < -0.4 is 0 Å². The molecule has 2 nitrogen and oxygen atoms in total. The van der Waals surface area contributed by atoms with Crippen molar-refractivity contribution in [3.63, 3.8) is 0 Å². The van der Waals surface area contributed by atoms with Gasteiger partial charge in [-0.15, -0.1) is 0 Å². The first kappa shape index (κ1) is 11.6. The molecule has 0 saturated heterocycles. The number of carboxylic acid groups (broad SMARTS) is 1. The smallest absolute Gasteiger partial charge is 0.303 e. The molecule has 0 bridgehead atoms. The number of aryl methyl sites for hydroxylation is 2. The molecule has 0 radical (unpaired) electrons. The van der Waals surface area contributed by atoms with Crippen molar-refractivity contribution >= 4 is 16.7 Å². The van der Waals surface area contributed by atoms with Crippen LogP contribution >= 0.6 is 0 Å². The number of rotatable bonds is 4. The summed E-state index contributed by atoms with van der Waals surface area (Å²) in [6, 6.07) is 12.7. The molecule has 0 aromatic heterocycles. The Morgan fingerprint density at radius 1 is 1.12 bits per heavy atom. The molecule has 17 heavy (non-hydrogen) atoms. The zero-order valence-electron chi connectivity index (χ0n) is 9.94. The summed E-state index contributed by atoms with van der Waals surface area (Å²) in [6.07, 6.45) is 1.77. The van der Waals surface area contributed by atoms with E-state index in [2.05, 4.69) is 43.3 Å². The normalized spacial score (nSPS) is 10.6. The molecule has 2 aromatic rings. The van der Waals surface area contributed by atoms with Gasteiger partial charge in [0.2, 0.25) is 0 Å². The van der Waals surface area contributed by atoms with E-state index in [-0.39, 0.29) is 6.42 Å². The first-order valence-electron chi connectivity index (χ1n) is 5.86. The zero-order valence-corrected chi connectivity index (χ0v) is 9.94. The number of fused-ring (bicyclic) bond motifs is 1. The van der Waals surface area contributed by atoms with E-state index in [0.29, 0.717) is 6.42 Å². The van der Waals surface area contributed by atoms with Crippen molar-refractivity contribution in [2.24, 2.45) is 0 Å². The van der Waals surface area contributed by atoms with Crippen LogP contribution in [0.2, 0.25) is 0 Å². The van der Waals surface area contributed by atoms with Crippen LogP contribution in [-0.2, 0) is 11.2 Å². The van der Waals surface area contributed by atoms with E-state index in [4.69, 9.17) is 5.11 Å². The summed E-state index contributed by atoms with van der Waals surface area (Å²) in [5.41, 5.74) is 2.47. The highest BCUT2D eigenvalue weighted by Crippen LogP contribution is 2.18. The maximum Gasteiger partial charge on any atom is 0.303 e. The van der Waals surface area contributed by atoms with Gasteiger partial charge in [0.1, 0.15) is 0 Å². The van der Waals surface area contributed by atoms with Gasteiger partial charge < -0.3 is 5.11 Å². The number of carboxylic acids is 1. The van der Waals surface area contributed by atoms with Crippen LogP contribution in [-0.4, -0.2) is 11.1 Å². The molecule has 2 aromatic carbocycles. The Balaban J connectivity index is 2.14. The summed E-state index contributed by atoms with van der Waals surface area (Å²) in [7, 11) is 0. The minimum absolute atomic E-state index is 0.242. The average Bonchev–Trinajstić information content (AvgIpc) is 2.29. The lowest BCUT2D eigenvalue weighted by atomic mass is 10.0. The second-order valence-electron chi connectivity index (χ2n) is 4.43. The van der Waals surface area contributed by atoms with E-state index in [1.54, 1.807) is 0 Å². The monoisotopic (exact) mass is 228 g/mol. The highest BCUT2D eigenvalue weighted by Gasteiger charge is 2.00. The number of hydrogen-bond donors (Lipinski definition) is 1. The Bertz CT molecular complexity index is 544. The predicted molar refractivity (Wildman–Crippen MR) is 69.3 cm³/mol. The molecule has 0 aliphatic heterocycles. The topological polar surface area (TPSA) is 37.3 Å². The van der Waals surface area contributed by atoms with Crippen LogP contribution in [0, 0.1) is 6.92 Å². The molecule has 0 unspecified atom stereocenters. The third-order valence-corrected chi connectivity index (χ3v) is 2.92. The number of hydrogen-bond acceptors (Lipinski definition) is 1. The number of benzene rings is 2. The van der Waals surface area contributed by atoms with Gasteiger partial charge >= 0.3 is 5.97 Å². The average molecular weight is 228 g/mol. The minimum Gasteiger partial charge on any atom is -0.481 e. The lowest BCUT2D eigenvalue weighted by Gasteiger charge is -2.04. The summed E-state index contributed by atoms with van der Waals surface area (Å²) >= 11 is 0. The van der Waals surface area contributed by atoms with Gasteiger partial charge in [-0.25, -0.2) is 0 Å². The summed E-state index contributed by atoms with van der Waals surface area (Å²) < 4.78 is 0. The second kappa shape index (κ2) is 5.00. The Morgan fingerprint density at radius 2 is 1.82 bits per heavy atom. The molecule has 0 fully saturated rings. The predicted octanol–water partition coefficient (Wildman–Crippen LogP) is 3.56. The van der Waals surface area contributed by atoms with E-state index in [9.17, 15) is 4.79 Å². The minimum atomic E-state index is -0.721. The van der Waals surface area contributed by atoms with Crippen LogP contribution in [0.3, 0.4) is 0 Å². The van der Waals surface area contributed by atoms with Crippen LogP contribution in [0.15, 0.2) is 36.4 Å². The van der Waals surface area contributed by atoms with Crippen molar-refractivity contribution in [2.45, 2.75) is 26.2 Å². The quantitative estimate of drug-likeness (QED) is 0.868. The summed E-state index contributed by atoms with van der Waals surface area (Å²) in [5.74, 6) is -0.721. The second-order valence-corrected chi connectivity index (χ2v) is 4.43. The Labute approximate surface area is 101 Å². The van der Waals surface area contributed by atoms with E-state index >= 15 is 0 Å². The fourth-order valence-electron chi connectivity index (χ4n) is 2.01. The molecule has 0 aliphatic carbocycles. The largest absolute Gasteiger partial charge is 0.481 e. The molecule has 0 amide bonds. The van der Waals surface area contributed by atoms with Crippen LogP contribution in [0.4, 0.5) is 0 Å². The van der Waals surface area contributed by atoms with Gasteiger partial charge in [-0.3, -0.25) is 4.79 Å². The van der Waals surface area contributed by atoms with Crippen molar-refractivity contribution in [3.05, 3.63) is 47.5 Å². The molecule has 0 spiro atoms. The lowest BCUT2D eigenvalue weighted by molar-refractivity contribution is -0.137. The number of carbonyl (C=O) groups is 1. The van der Waals surface area contributed by atoms with Gasteiger partial charge in [-0.1, -0.05) is 42.0 Å². The van der Waals surface area contributed by atoms with Gasteiger partial charge in [-0.2, -0.15) is 0 Å². The molecule has 88 valence electrons. The van der Waals surface area contributed by atoms with Gasteiger partial charge in [0.05, 0.1) is 0 Å². The van der Waals surface area contributed by atoms with Gasteiger partial charge in [0.15, 0.2) is 0 Å². The Kier molecular flexibility index (Phi) is 3.43. The molecular weight excluding hydrogens is 212 g/mol.